The lowest BCUT2D eigenvalue weighted by molar-refractivity contribution is 0.0977. The molecule has 3 aromatic carbocycles. The van der Waals surface area contributed by atoms with Crippen LogP contribution in [-0.4, -0.2) is 28.2 Å². The van der Waals surface area contributed by atoms with E-state index in [0.717, 1.165) is 25.1 Å². The predicted molar refractivity (Wildman–Crippen MR) is 157 cm³/mol. The van der Waals surface area contributed by atoms with E-state index in [1.807, 2.05) is 24.3 Å². The maximum absolute atomic E-state index is 13.4. The van der Waals surface area contributed by atoms with Crippen LogP contribution in [0, 0.1) is 18.3 Å². The minimum Gasteiger partial charge on any atom is -0.507 e. The number of hydrogen-bond acceptors (Lipinski definition) is 10. The fourth-order valence-corrected chi connectivity index (χ4v) is 4.68. The number of nitrogens with two attached hydrogens (primary N) is 1. The summed E-state index contributed by atoms with van der Waals surface area (Å²) in [5.41, 5.74) is 9.07. The number of unbranched alkanes of at least 4 members (excludes halogenated alkanes) is 1. The Labute approximate surface area is 236 Å². The first-order valence-corrected chi connectivity index (χ1v) is 13.1. The third kappa shape index (κ3) is 5.08. The number of anilines is 4. The number of carbonyl (C=O) groups excluding carboxylic acids is 2. The molecule has 10 heteroatoms. The highest BCUT2D eigenvalue weighted by molar-refractivity contribution is 6.30. The van der Waals surface area contributed by atoms with Gasteiger partial charge in [-0.1, -0.05) is 37.6 Å². The smallest absolute Gasteiger partial charge is 0.198 e. The minimum atomic E-state index is -0.475. The number of nitrogen functional groups attached to an aromatic ring is 1. The number of nitriles is 1. The van der Waals surface area contributed by atoms with Gasteiger partial charge in [-0.3, -0.25) is 9.59 Å². The van der Waals surface area contributed by atoms with E-state index in [1.54, 1.807) is 19.1 Å². The Morgan fingerprint density at radius 2 is 1.61 bits per heavy atom. The third-order valence-electron chi connectivity index (χ3n) is 6.85. The van der Waals surface area contributed by atoms with Crippen molar-refractivity contribution in [3.63, 3.8) is 0 Å². The molecule has 0 amide bonds. The van der Waals surface area contributed by atoms with Gasteiger partial charge >= 0.3 is 0 Å². The van der Waals surface area contributed by atoms with E-state index in [9.17, 15) is 20.0 Å². The zero-order chi connectivity index (χ0) is 29.1. The average molecular weight is 546 g/mol. The van der Waals surface area contributed by atoms with Crippen molar-refractivity contribution < 1.29 is 14.7 Å². The first-order chi connectivity index (χ1) is 19.8. The van der Waals surface area contributed by atoms with Crippen LogP contribution in [0.4, 0.5) is 34.4 Å². The molecule has 4 aromatic rings. The van der Waals surface area contributed by atoms with Gasteiger partial charge in [0, 0.05) is 34.6 Å². The normalized spacial score (nSPS) is 12.1. The molecule has 0 spiro atoms. The van der Waals surface area contributed by atoms with Gasteiger partial charge < -0.3 is 21.5 Å². The number of ketones is 2. The van der Waals surface area contributed by atoms with Crippen LogP contribution < -0.4 is 16.4 Å². The number of pyridine rings is 1. The van der Waals surface area contributed by atoms with Gasteiger partial charge in [0.1, 0.15) is 23.3 Å². The second-order valence-electron chi connectivity index (χ2n) is 9.55. The fraction of sp³-hybridized carbons (Fsp3) is 0.161. The first-order valence-electron chi connectivity index (χ1n) is 13.1. The molecule has 1 aliphatic rings. The predicted octanol–water partition coefficient (Wildman–Crippen LogP) is 6.70. The molecule has 41 heavy (non-hydrogen) atoms. The number of rotatable bonds is 8. The van der Waals surface area contributed by atoms with Crippen LogP contribution in [0.5, 0.6) is 5.75 Å². The van der Waals surface area contributed by atoms with E-state index in [0.29, 0.717) is 11.3 Å². The Hall–Kier alpha value is -5.56. The molecule has 10 nitrogen and oxygen atoms in total. The number of fused-ring (bicyclic) bond motifs is 2. The number of carbonyl (C=O) groups is 2. The van der Waals surface area contributed by atoms with Gasteiger partial charge in [0.05, 0.1) is 22.4 Å². The van der Waals surface area contributed by atoms with Crippen molar-refractivity contribution in [1.82, 2.24) is 4.98 Å². The number of phenolic OH excluding ortho intramolecular Hbond substituents is 1. The Morgan fingerprint density at radius 1 is 0.951 bits per heavy atom. The number of phenols is 1. The van der Waals surface area contributed by atoms with Crippen molar-refractivity contribution in [3.8, 4) is 11.8 Å². The molecule has 5 N–H and O–H groups in total. The van der Waals surface area contributed by atoms with E-state index in [-0.39, 0.29) is 56.6 Å². The lowest BCUT2D eigenvalue weighted by Crippen LogP contribution is -2.21. The molecule has 0 radical (unpaired) electrons. The van der Waals surface area contributed by atoms with E-state index >= 15 is 0 Å². The van der Waals surface area contributed by atoms with Gasteiger partial charge in [0.25, 0.3) is 0 Å². The summed E-state index contributed by atoms with van der Waals surface area (Å²) < 4.78 is 0. The van der Waals surface area contributed by atoms with Crippen LogP contribution in [0.1, 0.15) is 62.7 Å². The highest BCUT2D eigenvalue weighted by Crippen LogP contribution is 2.39. The van der Waals surface area contributed by atoms with E-state index in [4.69, 9.17) is 5.73 Å². The summed E-state index contributed by atoms with van der Waals surface area (Å²) >= 11 is 0. The molecule has 5 rings (SSSR count). The molecule has 1 heterocycles. The molecule has 204 valence electrons. The minimum absolute atomic E-state index is 0.0330. The highest BCUT2D eigenvalue weighted by Gasteiger charge is 2.33. The average Bonchev–Trinajstić information content (AvgIpc) is 2.96. The highest BCUT2D eigenvalue weighted by atomic mass is 16.3. The molecule has 0 fully saturated rings. The van der Waals surface area contributed by atoms with Crippen molar-refractivity contribution in [2.24, 2.45) is 10.2 Å². The lowest BCUT2D eigenvalue weighted by Gasteiger charge is -2.19. The fourth-order valence-electron chi connectivity index (χ4n) is 4.68. The summed E-state index contributed by atoms with van der Waals surface area (Å²) in [6.45, 7) is 4.70. The largest absolute Gasteiger partial charge is 0.507 e. The molecule has 0 bridgehead atoms. The van der Waals surface area contributed by atoms with Gasteiger partial charge in [-0.05, 0) is 49.7 Å². The number of benzene rings is 3. The van der Waals surface area contributed by atoms with Crippen molar-refractivity contribution in [2.45, 2.75) is 26.7 Å². The Morgan fingerprint density at radius 3 is 2.32 bits per heavy atom. The number of hydrogen-bond donors (Lipinski definition) is 4. The van der Waals surface area contributed by atoms with Crippen LogP contribution in [0.25, 0.3) is 0 Å². The second kappa shape index (κ2) is 11.3. The van der Waals surface area contributed by atoms with E-state index in [1.165, 1.54) is 24.3 Å². The standard InChI is InChI=1S/C31H27N7O3/c1-3-4-15-34-18-11-13-19(14-12-18)35-31-27(17(2)22(16-32)30(33)36-31)38-37-23-9-5-7-20-25(23)28(40)21-8-6-10-24(39)26(21)29(20)41/h5-14,34,39H,3-4,15H2,1-2H3,(H3,33,35,36). The molecule has 0 unspecified atom stereocenters. The number of azo groups is 1. The van der Waals surface area contributed by atoms with Gasteiger partial charge in [-0.15, -0.1) is 10.2 Å². The van der Waals surface area contributed by atoms with Crippen molar-refractivity contribution in [2.75, 3.05) is 22.9 Å². The van der Waals surface area contributed by atoms with Crippen molar-refractivity contribution in [1.29, 1.82) is 5.26 Å². The summed E-state index contributed by atoms with van der Waals surface area (Å²) in [6.07, 6.45) is 2.17. The Kier molecular flexibility index (Phi) is 7.43. The van der Waals surface area contributed by atoms with Gasteiger partial charge in [-0.2, -0.15) is 5.26 Å². The van der Waals surface area contributed by atoms with Crippen LogP contribution in [-0.2, 0) is 0 Å². The number of aromatic nitrogens is 1. The van der Waals surface area contributed by atoms with Gasteiger partial charge in [-0.25, -0.2) is 4.98 Å². The van der Waals surface area contributed by atoms with Crippen LogP contribution in [0.15, 0.2) is 70.9 Å². The molecule has 0 atom stereocenters. The molecule has 0 saturated carbocycles. The summed E-state index contributed by atoms with van der Waals surface area (Å²) in [4.78, 5) is 31.0. The number of nitrogens with one attached hydrogen (secondary N) is 2. The molecule has 1 aromatic heterocycles. The van der Waals surface area contributed by atoms with E-state index < -0.39 is 11.6 Å². The summed E-state index contributed by atoms with van der Waals surface area (Å²) in [6, 6.07) is 18.7. The second-order valence-corrected chi connectivity index (χ2v) is 9.55. The number of nitrogens with zero attached hydrogens (tertiary/aromatic N) is 4. The molecule has 1 aliphatic carbocycles. The lowest BCUT2D eigenvalue weighted by atomic mass is 9.83. The molecule has 0 saturated heterocycles. The third-order valence-corrected chi connectivity index (χ3v) is 6.85. The summed E-state index contributed by atoms with van der Waals surface area (Å²) in [5, 5.41) is 35.2. The van der Waals surface area contributed by atoms with Crippen LogP contribution >= 0.6 is 0 Å². The van der Waals surface area contributed by atoms with Crippen LogP contribution in [0.2, 0.25) is 0 Å². The molecular weight excluding hydrogens is 518 g/mol. The summed E-state index contributed by atoms with van der Waals surface area (Å²) in [7, 11) is 0. The van der Waals surface area contributed by atoms with Crippen molar-refractivity contribution in [3.05, 3.63) is 94.0 Å². The first kappa shape index (κ1) is 27.0. The molecule has 0 aliphatic heterocycles. The topological polar surface area (TPSA) is 166 Å². The van der Waals surface area contributed by atoms with Crippen LogP contribution in [0.3, 0.4) is 0 Å². The summed E-state index contributed by atoms with van der Waals surface area (Å²) in [5.74, 6) is -0.866. The monoisotopic (exact) mass is 545 g/mol. The van der Waals surface area contributed by atoms with E-state index in [2.05, 4.69) is 38.8 Å². The Bertz CT molecular complexity index is 1760. The Balaban J connectivity index is 1.53. The number of aromatic hydroxyl groups is 1. The quantitative estimate of drug-likeness (QED) is 0.123. The maximum Gasteiger partial charge on any atom is 0.198 e. The zero-order valence-corrected chi connectivity index (χ0v) is 22.5. The maximum atomic E-state index is 13.4. The van der Waals surface area contributed by atoms with Crippen molar-refractivity contribution >= 4 is 46.0 Å². The zero-order valence-electron chi connectivity index (χ0n) is 22.5. The molecular formula is C31H27N7O3. The van der Waals surface area contributed by atoms with Gasteiger partial charge in [0.2, 0.25) is 0 Å². The SMILES string of the molecule is CCCCNc1ccc(Nc2nc(N)c(C#N)c(C)c2N=Nc2cccc3c2C(=O)c2cccc(O)c2C3=O)cc1. The van der Waals surface area contributed by atoms with Gasteiger partial charge in [0.15, 0.2) is 17.4 Å².